The lowest BCUT2D eigenvalue weighted by Gasteiger charge is -2.29. The first-order valence-corrected chi connectivity index (χ1v) is 9.97. The Labute approximate surface area is 151 Å². The molecule has 25 heavy (non-hydrogen) atoms. The number of hydrogen-bond donors (Lipinski definition) is 0. The third kappa shape index (κ3) is 4.06. The van der Waals surface area contributed by atoms with Crippen molar-refractivity contribution in [2.75, 3.05) is 62.3 Å². The highest BCUT2D eigenvalue weighted by Crippen LogP contribution is 2.25. The van der Waals surface area contributed by atoms with E-state index in [1.165, 1.54) is 45.2 Å². The number of nitrogens with zero attached hydrogens (tertiary/aromatic N) is 5. The molecule has 0 bridgehead atoms. The van der Waals surface area contributed by atoms with Crippen LogP contribution in [0.15, 0.2) is 6.07 Å². The van der Waals surface area contributed by atoms with Gasteiger partial charge in [0.15, 0.2) is 0 Å². The second kappa shape index (κ2) is 7.87. The number of aromatic nitrogens is 2. The summed E-state index contributed by atoms with van der Waals surface area (Å²) in [6.07, 6.45) is 6.85. The molecule has 2 aliphatic heterocycles. The molecule has 4 rings (SSSR count). The lowest BCUT2D eigenvalue weighted by molar-refractivity contribution is 0.122. The molecule has 3 aliphatic rings. The van der Waals surface area contributed by atoms with Gasteiger partial charge in [-0.25, -0.2) is 4.98 Å². The van der Waals surface area contributed by atoms with Crippen LogP contribution in [0, 0.1) is 6.92 Å². The fraction of sp³-hybridized carbons (Fsp3) is 0.789. The average molecular weight is 345 g/mol. The monoisotopic (exact) mass is 345 g/mol. The van der Waals surface area contributed by atoms with E-state index in [0.29, 0.717) is 0 Å². The second-order valence-corrected chi connectivity index (χ2v) is 7.58. The Bertz CT molecular complexity index is 569. The number of morpholine rings is 1. The summed E-state index contributed by atoms with van der Waals surface area (Å²) in [6, 6.07) is 2.98. The summed E-state index contributed by atoms with van der Waals surface area (Å²) in [6.45, 7) is 9.98. The maximum atomic E-state index is 5.46. The van der Waals surface area contributed by atoms with Crippen molar-refractivity contribution in [1.29, 1.82) is 0 Å². The maximum Gasteiger partial charge on any atom is 0.227 e. The Hall–Kier alpha value is -1.40. The van der Waals surface area contributed by atoms with Crippen LogP contribution < -0.4 is 9.80 Å². The van der Waals surface area contributed by atoms with E-state index in [-0.39, 0.29) is 0 Å². The zero-order valence-corrected chi connectivity index (χ0v) is 15.5. The van der Waals surface area contributed by atoms with E-state index < -0.39 is 0 Å². The minimum Gasteiger partial charge on any atom is -0.378 e. The fourth-order valence-corrected chi connectivity index (χ4v) is 4.40. The average Bonchev–Trinajstić information content (AvgIpc) is 3.06. The zero-order chi connectivity index (χ0) is 17.1. The molecule has 3 fully saturated rings. The van der Waals surface area contributed by atoms with Crippen molar-refractivity contribution >= 4 is 11.8 Å². The van der Waals surface area contributed by atoms with Crippen LogP contribution in [0.4, 0.5) is 11.8 Å². The predicted octanol–water partition coefficient (Wildman–Crippen LogP) is 2.08. The Kier molecular flexibility index (Phi) is 5.36. The molecule has 3 heterocycles. The molecule has 1 aliphatic carbocycles. The molecule has 0 atom stereocenters. The molecule has 1 saturated carbocycles. The molecule has 0 radical (unpaired) electrons. The molecule has 6 heteroatoms. The van der Waals surface area contributed by atoms with Crippen molar-refractivity contribution in [2.24, 2.45) is 0 Å². The summed E-state index contributed by atoms with van der Waals surface area (Å²) < 4.78 is 5.46. The second-order valence-electron chi connectivity index (χ2n) is 7.58. The van der Waals surface area contributed by atoms with Gasteiger partial charge in [0.1, 0.15) is 5.82 Å². The van der Waals surface area contributed by atoms with Gasteiger partial charge in [-0.2, -0.15) is 4.98 Å². The van der Waals surface area contributed by atoms with E-state index in [9.17, 15) is 0 Å². The van der Waals surface area contributed by atoms with Gasteiger partial charge in [0.2, 0.25) is 5.95 Å². The smallest absolute Gasteiger partial charge is 0.227 e. The van der Waals surface area contributed by atoms with E-state index in [2.05, 4.69) is 32.7 Å². The van der Waals surface area contributed by atoms with Gasteiger partial charge in [0.25, 0.3) is 0 Å². The Morgan fingerprint density at radius 3 is 2.48 bits per heavy atom. The van der Waals surface area contributed by atoms with Crippen LogP contribution in [-0.2, 0) is 4.74 Å². The van der Waals surface area contributed by atoms with Gasteiger partial charge in [0.05, 0.1) is 13.2 Å². The summed E-state index contributed by atoms with van der Waals surface area (Å²) in [7, 11) is 0. The number of hydrogen-bond acceptors (Lipinski definition) is 6. The molecule has 0 N–H and O–H groups in total. The molecule has 0 amide bonds. The van der Waals surface area contributed by atoms with E-state index >= 15 is 0 Å². The number of aryl methyl sites for hydroxylation is 1. The summed E-state index contributed by atoms with van der Waals surface area (Å²) >= 11 is 0. The molecule has 1 aromatic heterocycles. The van der Waals surface area contributed by atoms with Gasteiger partial charge in [-0.05, 0) is 26.2 Å². The van der Waals surface area contributed by atoms with Crippen LogP contribution in [-0.4, -0.2) is 73.4 Å². The molecule has 0 unspecified atom stereocenters. The van der Waals surface area contributed by atoms with Crippen LogP contribution >= 0.6 is 0 Å². The lowest BCUT2D eigenvalue weighted by atomic mass is 10.2. The van der Waals surface area contributed by atoms with Crippen molar-refractivity contribution < 1.29 is 4.74 Å². The van der Waals surface area contributed by atoms with Crippen molar-refractivity contribution in [3.8, 4) is 0 Å². The van der Waals surface area contributed by atoms with Gasteiger partial charge >= 0.3 is 0 Å². The Balaban J connectivity index is 1.46. The van der Waals surface area contributed by atoms with Crippen molar-refractivity contribution in [1.82, 2.24) is 14.9 Å². The molecular weight excluding hydrogens is 314 g/mol. The largest absolute Gasteiger partial charge is 0.378 e. The first kappa shape index (κ1) is 17.0. The molecule has 1 aromatic rings. The third-order valence-corrected chi connectivity index (χ3v) is 5.82. The topological polar surface area (TPSA) is 44.7 Å². The van der Waals surface area contributed by atoms with Crippen molar-refractivity contribution in [2.45, 2.75) is 45.1 Å². The molecular formula is C19H31N5O. The summed E-state index contributed by atoms with van der Waals surface area (Å²) in [4.78, 5) is 17.0. The van der Waals surface area contributed by atoms with Gasteiger partial charge in [-0.3, -0.25) is 4.90 Å². The van der Waals surface area contributed by atoms with E-state index in [0.717, 1.165) is 62.9 Å². The molecule has 0 aromatic carbocycles. The molecule has 138 valence electrons. The quantitative estimate of drug-likeness (QED) is 0.836. The third-order valence-electron chi connectivity index (χ3n) is 5.82. The van der Waals surface area contributed by atoms with Crippen LogP contribution in [0.3, 0.4) is 0 Å². The van der Waals surface area contributed by atoms with Crippen molar-refractivity contribution in [3.63, 3.8) is 0 Å². The van der Waals surface area contributed by atoms with Crippen LogP contribution in [0.5, 0.6) is 0 Å². The highest BCUT2D eigenvalue weighted by Gasteiger charge is 2.25. The van der Waals surface area contributed by atoms with Gasteiger partial charge < -0.3 is 14.5 Å². The van der Waals surface area contributed by atoms with E-state index in [1.54, 1.807) is 0 Å². The van der Waals surface area contributed by atoms with Crippen molar-refractivity contribution in [3.05, 3.63) is 11.8 Å². The first-order valence-electron chi connectivity index (χ1n) is 9.97. The first-order chi connectivity index (χ1) is 12.3. The van der Waals surface area contributed by atoms with E-state index in [4.69, 9.17) is 9.72 Å². The number of anilines is 2. The maximum absolute atomic E-state index is 5.46. The standard InChI is InChI=1S/C19H31N5O/c1-16-15-18(21-19(20-16)24-11-13-25-14-12-24)23-8-4-7-22(9-10-23)17-5-2-3-6-17/h15,17H,2-14H2,1H3. The summed E-state index contributed by atoms with van der Waals surface area (Å²) in [5.41, 5.74) is 1.06. The normalized spacial score (nSPS) is 23.9. The van der Waals surface area contributed by atoms with Crippen LogP contribution in [0.25, 0.3) is 0 Å². The fourth-order valence-electron chi connectivity index (χ4n) is 4.40. The van der Waals surface area contributed by atoms with Gasteiger partial charge in [-0.1, -0.05) is 12.8 Å². The molecule has 2 saturated heterocycles. The molecule has 6 nitrogen and oxygen atoms in total. The zero-order valence-electron chi connectivity index (χ0n) is 15.5. The Morgan fingerprint density at radius 1 is 0.880 bits per heavy atom. The summed E-state index contributed by atoms with van der Waals surface area (Å²) in [5, 5.41) is 0. The lowest BCUT2D eigenvalue weighted by Crippen LogP contribution is -2.38. The van der Waals surface area contributed by atoms with E-state index in [1.807, 2.05) is 0 Å². The van der Waals surface area contributed by atoms with Crippen LogP contribution in [0.2, 0.25) is 0 Å². The van der Waals surface area contributed by atoms with Gasteiger partial charge in [-0.15, -0.1) is 0 Å². The minimum atomic E-state index is 0.771. The minimum absolute atomic E-state index is 0.771. The Morgan fingerprint density at radius 2 is 1.68 bits per heavy atom. The SMILES string of the molecule is Cc1cc(N2CCCN(C3CCCC3)CC2)nc(N2CCOCC2)n1. The number of ether oxygens (including phenoxy) is 1. The van der Waals surface area contributed by atoms with Gasteiger partial charge in [0, 0.05) is 57.1 Å². The van der Waals surface area contributed by atoms with Crippen LogP contribution in [0.1, 0.15) is 37.8 Å². The number of rotatable bonds is 3. The highest BCUT2D eigenvalue weighted by molar-refractivity contribution is 5.46. The summed E-state index contributed by atoms with van der Waals surface area (Å²) in [5.74, 6) is 1.97. The highest BCUT2D eigenvalue weighted by atomic mass is 16.5. The molecule has 0 spiro atoms. The predicted molar refractivity (Wildman–Crippen MR) is 100 cm³/mol.